The summed E-state index contributed by atoms with van der Waals surface area (Å²) in [5, 5.41) is 9.49. The van der Waals surface area contributed by atoms with Gasteiger partial charge in [-0.15, -0.1) is 23.7 Å². The molecule has 0 aliphatic carbocycles. The molecule has 1 aliphatic rings. The Morgan fingerprint density at radius 2 is 2.44 bits per heavy atom. The van der Waals surface area contributed by atoms with Crippen molar-refractivity contribution in [2.45, 2.75) is 25.2 Å². The van der Waals surface area contributed by atoms with Crippen molar-refractivity contribution in [2.24, 2.45) is 0 Å². The fourth-order valence-electron chi connectivity index (χ4n) is 2.14. The minimum Gasteiger partial charge on any atom is -0.339 e. The summed E-state index contributed by atoms with van der Waals surface area (Å²) in [6.07, 6.45) is 3.11. The number of nitrogens with one attached hydrogen (secondary N) is 1. The Bertz CT molecular complexity index is 465. The van der Waals surface area contributed by atoms with Gasteiger partial charge in [0.15, 0.2) is 5.82 Å². The van der Waals surface area contributed by atoms with Gasteiger partial charge in [-0.3, -0.25) is 0 Å². The average molecular weight is 286 g/mol. The van der Waals surface area contributed by atoms with E-state index in [0.717, 1.165) is 37.6 Å². The maximum absolute atomic E-state index is 5.36. The summed E-state index contributed by atoms with van der Waals surface area (Å²) < 4.78 is 5.36. The number of thiophene rings is 1. The minimum atomic E-state index is 0. The molecule has 0 amide bonds. The molecule has 1 N–H and O–H groups in total. The van der Waals surface area contributed by atoms with Crippen LogP contribution < -0.4 is 5.32 Å². The number of halogens is 1. The highest BCUT2D eigenvalue weighted by atomic mass is 35.5. The van der Waals surface area contributed by atoms with Gasteiger partial charge in [0.05, 0.1) is 5.92 Å². The Labute approximate surface area is 116 Å². The molecule has 0 aromatic carbocycles. The molecule has 0 radical (unpaired) electrons. The Morgan fingerprint density at radius 1 is 1.50 bits per heavy atom. The average Bonchev–Trinajstić information content (AvgIpc) is 3.02. The van der Waals surface area contributed by atoms with E-state index >= 15 is 0 Å². The third-order valence-corrected chi connectivity index (χ3v) is 3.92. The summed E-state index contributed by atoms with van der Waals surface area (Å²) >= 11 is 1.73. The molecule has 98 valence electrons. The van der Waals surface area contributed by atoms with Crippen LogP contribution in [-0.4, -0.2) is 23.2 Å². The van der Waals surface area contributed by atoms with E-state index < -0.39 is 0 Å². The van der Waals surface area contributed by atoms with Crippen LogP contribution in [-0.2, 0) is 6.42 Å². The van der Waals surface area contributed by atoms with Gasteiger partial charge in [-0.05, 0) is 30.8 Å². The molecule has 4 nitrogen and oxygen atoms in total. The Kier molecular flexibility index (Phi) is 4.74. The molecule has 1 atom stereocenters. The van der Waals surface area contributed by atoms with Crippen LogP contribution in [0.15, 0.2) is 22.0 Å². The summed E-state index contributed by atoms with van der Waals surface area (Å²) in [6, 6.07) is 4.15. The highest BCUT2D eigenvalue weighted by Gasteiger charge is 2.21. The molecule has 0 bridgehead atoms. The lowest BCUT2D eigenvalue weighted by molar-refractivity contribution is 0.320. The smallest absolute Gasteiger partial charge is 0.231 e. The summed E-state index contributed by atoms with van der Waals surface area (Å²) in [5.74, 6) is 1.99. The molecule has 1 fully saturated rings. The lowest BCUT2D eigenvalue weighted by Gasteiger charge is -2.18. The molecule has 2 aromatic rings. The van der Waals surface area contributed by atoms with E-state index in [-0.39, 0.29) is 12.4 Å². The topological polar surface area (TPSA) is 51.0 Å². The van der Waals surface area contributed by atoms with Crippen LogP contribution in [0.3, 0.4) is 0 Å². The number of aromatic nitrogens is 2. The minimum absolute atomic E-state index is 0. The van der Waals surface area contributed by atoms with Gasteiger partial charge < -0.3 is 9.84 Å². The van der Waals surface area contributed by atoms with E-state index in [1.54, 1.807) is 11.3 Å². The zero-order valence-electron chi connectivity index (χ0n) is 9.96. The van der Waals surface area contributed by atoms with E-state index in [0.29, 0.717) is 5.92 Å². The fourth-order valence-corrected chi connectivity index (χ4v) is 2.84. The van der Waals surface area contributed by atoms with Crippen molar-refractivity contribution in [1.82, 2.24) is 15.5 Å². The van der Waals surface area contributed by atoms with Gasteiger partial charge in [0, 0.05) is 17.8 Å². The van der Waals surface area contributed by atoms with Gasteiger partial charge in [-0.1, -0.05) is 11.2 Å². The third kappa shape index (κ3) is 3.10. The summed E-state index contributed by atoms with van der Waals surface area (Å²) in [6.45, 7) is 2.06. The maximum atomic E-state index is 5.36. The second-order valence-corrected chi connectivity index (χ2v) is 5.38. The summed E-state index contributed by atoms with van der Waals surface area (Å²) in [4.78, 5) is 5.77. The van der Waals surface area contributed by atoms with Gasteiger partial charge in [0.1, 0.15) is 0 Å². The van der Waals surface area contributed by atoms with E-state index in [1.807, 2.05) is 6.07 Å². The van der Waals surface area contributed by atoms with Crippen molar-refractivity contribution >= 4 is 23.7 Å². The normalized spacial score (nSPS) is 19.4. The second kappa shape index (κ2) is 6.31. The molecule has 3 heterocycles. The van der Waals surface area contributed by atoms with Gasteiger partial charge in [-0.2, -0.15) is 4.98 Å². The molecule has 6 heteroatoms. The van der Waals surface area contributed by atoms with Crippen molar-refractivity contribution in [3.8, 4) is 0 Å². The Balaban J connectivity index is 0.00000120. The van der Waals surface area contributed by atoms with Crippen molar-refractivity contribution in [1.29, 1.82) is 0 Å². The molecule has 1 aliphatic heterocycles. The fraction of sp³-hybridized carbons (Fsp3) is 0.500. The van der Waals surface area contributed by atoms with Crippen LogP contribution in [0.25, 0.3) is 0 Å². The first-order valence-corrected chi connectivity index (χ1v) is 6.85. The first-order chi connectivity index (χ1) is 8.42. The molecular formula is C12H16ClN3OS. The van der Waals surface area contributed by atoms with E-state index in [4.69, 9.17) is 4.52 Å². The quantitative estimate of drug-likeness (QED) is 0.942. The van der Waals surface area contributed by atoms with Gasteiger partial charge in [0.25, 0.3) is 0 Å². The van der Waals surface area contributed by atoms with E-state index in [9.17, 15) is 0 Å². The number of piperidine rings is 1. The summed E-state index contributed by atoms with van der Waals surface area (Å²) in [5.41, 5.74) is 0. The largest absolute Gasteiger partial charge is 0.339 e. The molecule has 1 saturated heterocycles. The molecule has 18 heavy (non-hydrogen) atoms. The van der Waals surface area contributed by atoms with E-state index in [2.05, 4.69) is 26.9 Å². The van der Waals surface area contributed by atoms with Crippen molar-refractivity contribution in [3.05, 3.63) is 34.1 Å². The third-order valence-electron chi connectivity index (χ3n) is 3.04. The van der Waals surface area contributed by atoms with Crippen LogP contribution in [0, 0.1) is 0 Å². The summed E-state index contributed by atoms with van der Waals surface area (Å²) in [7, 11) is 0. The van der Waals surface area contributed by atoms with Crippen LogP contribution in [0.5, 0.6) is 0 Å². The van der Waals surface area contributed by atoms with Crippen molar-refractivity contribution in [2.75, 3.05) is 13.1 Å². The molecule has 0 saturated carbocycles. The first kappa shape index (κ1) is 13.5. The second-order valence-electron chi connectivity index (χ2n) is 4.35. The van der Waals surface area contributed by atoms with Gasteiger partial charge in [-0.25, -0.2) is 0 Å². The van der Waals surface area contributed by atoms with Gasteiger partial charge in [0.2, 0.25) is 5.89 Å². The van der Waals surface area contributed by atoms with E-state index in [1.165, 1.54) is 11.3 Å². The molecule has 1 unspecified atom stereocenters. The Morgan fingerprint density at radius 3 is 3.17 bits per heavy atom. The SMILES string of the molecule is Cl.c1csc(Cc2noc(C3CCCNC3)n2)c1. The number of rotatable bonds is 3. The molecule has 0 spiro atoms. The van der Waals surface area contributed by atoms with Crippen molar-refractivity contribution < 1.29 is 4.52 Å². The van der Waals surface area contributed by atoms with Crippen molar-refractivity contribution in [3.63, 3.8) is 0 Å². The van der Waals surface area contributed by atoms with Crippen LogP contribution in [0.2, 0.25) is 0 Å². The number of hydrogen-bond acceptors (Lipinski definition) is 5. The monoisotopic (exact) mass is 285 g/mol. The van der Waals surface area contributed by atoms with Gasteiger partial charge >= 0.3 is 0 Å². The zero-order valence-corrected chi connectivity index (χ0v) is 11.6. The zero-order chi connectivity index (χ0) is 11.5. The predicted octanol–water partition coefficient (Wildman–Crippen LogP) is 2.61. The van der Waals surface area contributed by atoms with Crippen LogP contribution >= 0.6 is 23.7 Å². The maximum Gasteiger partial charge on any atom is 0.231 e. The highest BCUT2D eigenvalue weighted by molar-refractivity contribution is 7.09. The van der Waals surface area contributed by atoms with Crippen LogP contribution in [0.4, 0.5) is 0 Å². The highest BCUT2D eigenvalue weighted by Crippen LogP contribution is 2.22. The Hall–Kier alpha value is -0.910. The number of hydrogen-bond donors (Lipinski definition) is 1. The molecule has 2 aromatic heterocycles. The first-order valence-electron chi connectivity index (χ1n) is 5.97. The molecular weight excluding hydrogens is 270 g/mol. The standard InChI is InChI=1S/C12H15N3OS.ClH/c1-3-9(8-13-5-1)12-14-11(15-16-12)7-10-4-2-6-17-10;/h2,4,6,9,13H,1,3,5,7-8H2;1H. The lowest BCUT2D eigenvalue weighted by Crippen LogP contribution is -2.28. The predicted molar refractivity (Wildman–Crippen MR) is 73.5 cm³/mol. The molecule has 3 rings (SSSR count). The lowest BCUT2D eigenvalue weighted by atomic mass is 10.00. The number of nitrogens with zero attached hydrogens (tertiary/aromatic N) is 2. The van der Waals surface area contributed by atoms with Crippen LogP contribution in [0.1, 0.15) is 35.4 Å².